The maximum Gasteiger partial charge on any atom is 0.358 e. The molecule has 34 heavy (non-hydrogen) atoms. The Bertz CT molecular complexity index is 1390. The van der Waals surface area contributed by atoms with Crippen LogP contribution in [-0.2, 0) is 11.3 Å². The lowest BCUT2D eigenvalue weighted by Gasteiger charge is -2.13. The van der Waals surface area contributed by atoms with Crippen molar-refractivity contribution in [3.05, 3.63) is 71.5 Å². The van der Waals surface area contributed by atoms with Crippen molar-refractivity contribution in [2.45, 2.75) is 13.5 Å². The number of hydrogen-bond donors (Lipinski definition) is 1. The van der Waals surface area contributed by atoms with Gasteiger partial charge < -0.3 is 19.5 Å². The van der Waals surface area contributed by atoms with Crippen molar-refractivity contribution in [3.63, 3.8) is 0 Å². The predicted octanol–water partition coefficient (Wildman–Crippen LogP) is 4.07. The van der Waals surface area contributed by atoms with Crippen LogP contribution in [0.25, 0.3) is 16.8 Å². The zero-order valence-corrected chi connectivity index (χ0v) is 19.0. The first-order valence-electron chi connectivity index (χ1n) is 10.6. The van der Waals surface area contributed by atoms with E-state index < -0.39 is 5.97 Å². The number of carbonyl (C=O) groups excluding carboxylic acids is 1. The van der Waals surface area contributed by atoms with Crippen molar-refractivity contribution in [3.8, 4) is 28.8 Å². The Morgan fingerprint density at radius 3 is 2.74 bits per heavy atom. The summed E-state index contributed by atoms with van der Waals surface area (Å²) in [4.78, 5) is 17.1. The van der Waals surface area contributed by atoms with Crippen molar-refractivity contribution in [2.24, 2.45) is 0 Å². The normalized spacial score (nSPS) is 10.5. The second-order valence-corrected chi connectivity index (χ2v) is 7.28. The van der Waals surface area contributed by atoms with Crippen molar-refractivity contribution in [1.82, 2.24) is 14.6 Å². The van der Waals surface area contributed by atoms with Gasteiger partial charge in [0, 0.05) is 29.8 Å². The number of esters is 1. The number of nitrogens with zero attached hydrogens (tertiary/aromatic N) is 4. The molecule has 0 unspecified atom stereocenters. The maximum absolute atomic E-state index is 12.3. The third-order valence-corrected chi connectivity index (χ3v) is 5.17. The number of ether oxygens (including phenoxy) is 3. The molecule has 172 valence electrons. The van der Waals surface area contributed by atoms with Crippen LogP contribution in [0.15, 0.2) is 54.7 Å². The fourth-order valence-corrected chi connectivity index (χ4v) is 3.49. The minimum atomic E-state index is -0.512. The molecule has 0 amide bonds. The topological polar surface area (TPSA) is 111 Å². The molecule has 2 aromatic carbocycles. The molecule has 0 aliphatic rings. The Morgan fingerprint density at radius 1 is 1.15 bits per heavy atom. The fraction of sp³-hybridized carbons (Fsp3) is 0.200. The zero-order valence-electron chi connectivity index (χ0n) is 19.0. The largest absolute Gasteiger partial charge is 0.497 e. The summed E-state index contributed by atoms with van der Waals surface area (Å²) in [5.41, 5.74) is 3.54. The summed E-state index contributed by atoms with van der Waals surface area (Å²) in [6, 6.07) is 16.5. The van der Waals surface area contributed by atoms with E-state index in [9.17, 15) is 10.1 Å². The molecule has 0 atom stereocenters. The lowest BCUT2D eigenvalue weighted by Crippen LogP contribution is -2.07. The van der Waals surface area contributed by atoms with Gasteiger partial charge in [-0.05, 0) is 31.2 Å². The summed E-state index contributed by atoms with van der Waals surface area (Å²) >= 11 is 0. The number of nitriles is 1. The number of carbonyl (C=O) groups is 1. The van der Waals surface area contributed by atoms with Crippen LogP contribution < -0.4 is 14.8 Å². The quantitative estimate of drug-likeness (QED) is 0.394. The van der Waals surface area contributed by atoms with Gasteiger partial charge in [-0.3, -0.25) is 0 Å². The average Bonchev–Trinajstić information content (AvgIpc) is 3.32. The molecule has 0 fully saturated rings. The molecule has 0 bridgehead atoms. The van der Waals surface area contributed by atoms with Crippen LogP contribution in [0, 0.1) is 11.3 Å². The van der Waals surface area contributed by atoms with Gasteiger partial charge in [0.1, 0.15) is 17.0 Å². The molecule has 0 spiro atoms. The molecule has 4 rings (SSSR count). The van der Waals surface area contributed by atoms with Gasteiger partial charge >= 0.3 is 5.97 Å². The van der Waals surface area contributed by atoms with E-state index in [2.05, 4.69) is 16.5 Å². The summed E-state index contributed by atoms with van der Waals surface area (Å²) < 4.78 is 17.5. The molecule has 0 saturated heterocycles. The number of hydrogen-bond acceptors (Lipinski definition) is 8. The van der Waals surface area contributed by atoms with Gasteiger partial charge in [-0.2, -0.15) is 10.4 Å². The summed E-state index contributed by atoms with van der Waals surface area (Å²) in [5, 5.41) is 17.0. The molecule has 9 nitrogen and oxygen atoms in total. The molecule has 0 saturated carbocycles. The van der Waals surface area contributed by atoms with Crippen LogP contribution in [0.5, 0.6) is 11.5 Å². The highest BCUT2D eigenvalue weighted by Gasteiger charge is 2.17. The molecule has 9 heteroatoms. The fourth-order valence-electron chi connectivity index (χ4n) is 3.49. The van der Waals surface area contributed by atoms with E-state index in [1.54, 1.807) is 56.1 Å². The number of benzene rings is 2. The number of nitrogens with one attached hydrogen (secondary N) is 1. The Morgan fingerprint density at radius 2 is 2.00 bits per heavy atom. The van der Waals surface area contributed by atoms with Crippen LogP contribution in [0.2, 0.25) is 0 Å². The van der Waals surface area contributed by atoms with Gasteiger partial charge in [0.25, 0.3) is 0 Å². The predicted molar refractivity (Wildman–Crippen MR) is 126 cm³/mol. The smallest absolute Gasteiger partial charge is 0.358 e. The van der Waals surface area contributed by atoms with Crippen LogP contribution in [-0.4, -0.2) is 41.4 Å². The van der Waals surface area contributed by atoms with Crippen LogP contribution in [0.1, 0.15) is 28.5 Å². The Hall–Kier alpha value is -4.58. The third kappa shape index (κ3) is 4.61. The van der Waals surface area contributed by atoms with Crippen molar-refractivity contribution in [1.29, 1.82) is 5.26 Å². The number of aromatic nitrogens is 3. The van der Waals surface area contributed by atoms with E-state index in [0.717, 1.165) is 11.1 Å². The van der Waals surface area contributed by atoms with Gasteiger partial charge in [0.15, 0.2) is 11.5 Å². The lowest BCUT2D eigenvalue weighted by atomic mass is 10.1. The Labute approximate surface area is 196 Å². The van der Waals surface area contributed by atoms with E-state index in [1.807, 2.05) is 24.3 Å². The summed E-state index contributed by atoms with van der Waals surface area (Å²) in [6.07, 6.45) is 1.72. The van der Waals surface area contributed by atoms with Gasteiger partial charge in [-0.25, -0.2) is 14.3 Å². The first-order chi connectivity index (χ1) is 16.6. The Balaban J connectivity index is 1.76. The molecular formula is C25H23N5O4. The van der Waals surface area contributed by atoms with E-state index in [4.69, 9.17) is 19.2 Å². The number of fused-ring (bicyclic) bond motifs is 1. The first-order valence-corrected chi connectivity index (χ1v) is 10.6. The highest BCUT2D eigenvalue weighted by atomic mass is 16.5. The maximum atomic E-state index is 12.3. The molecule has 4 aromatic rings. The van der Waals surface area contributed by atoms with Crippen LogP contribution >= 0.6 is 0 Å². The van der Waals surface area contributed by atoms with Crippen LogP contribution in [0.3, 0.4) is 0 Å². The van der Waals surface area contributed by atoms with Crippen LogP contribution in [0.4, 0.5) is 5.82 Å². The van der Waals surface area contributed by atoms with Gasteiger partial charge in [-0.15, -0.1) is 0 Å². The highest BCUT2D eigenvalue weighted by molar-refractivity contribution is 5.90. The summed E-state index contributed by atoms with van der Waals surface area (Å²) in [6.45, 7) is 2.39. The molecule has 0 aliphatic heterocycles. The zero-order chi connectivity index (χ0) is 24.1. The van der Waals surface area contributed by atoms with E-state index >= 15 is 0 Å². The lowest BCUT2D eigenvalue weighted by molar-refractivity contribution is 0.0519. The summed E-state index contributed by atoms with van der Waals surface area (Å²) in [7, 11) is 3.20. The number of methoxy groups -OCH3 is 2. The number of rotatable bonds is 8. The molecule has 0 radical (unpaired) electrons. The molecule has 2 aromatic heterocycles. The van der Waals surface area contributed by atoms with E-state index in [1.165, 1.54) is 0 Å². The van der Waals surface area contributed by atoms with Crippen molar-refractivity contribution >= 4 is 17.3 Å². The van der Waals surface area contributed by atoms with Crippen molar-refractivity contribution in [2.75, 3.05) is 26.1 Å². The number of anilines is 1. The monoisotopic (exact) mass is 457 g/mol. The second-order valence-electron chi connectivity index (χ2n) is 7.28. The van der Waals surface area contributed by atoms with E-state index in [-0.39, 0.29) is 12.3 Å². The second kappa shape index (κ2) is 9.92. The van der Waals surface area contributed by atoms with Crippen molar-refractivity contribution < 1.29 is 19.0 Å². The summed E-state index contributed by atoms with van der Waals surface area (Å²) in [5.74, 6) is 1.36. The molecule has 1 N–H and O–H groups in total. The molecular weight excluding hydrogens is 434 g/mol. The average molecular weight is 457 g/mol. The molecule has 2 heterocycles. The third-order valence-electron chi connectivity index (χ3n) is 5.17. The minimum Gasteiger partial charge on any atom is -0.497 e. The van der Waals surface area contributed by atoms with Gasteiger partial charge in [0.2, 0.25) is 0 Å². The first kappa shape index (κ1) is 22.6. The Kier molecular flexibility index (Phi) is 6.59. The van der Waals surface area contributed by atoms with E-state index in [0.29, 0.717) is 40.6 Å². The molecule has 0 aliphatic carbocycles. The van der Waals surface area contributed by atoms with Gasteiger partial charge in [0.05, 0.1) is 44.3 Å². The standard InChI is InChI=1S/C25H23N5O4/c1-4-34-25(31)20-12-22-24(27-14-18-8-9-19(32-2)11-23(18)33-3)28-21(15-30(22)29-20)17-7-5-6-16(10-17)13-26/h5-12,15H,4,14H2,1-3H3,(H,27,28). The van der Waals surface area contributed by atoms with Gasteiger partial charge in [-0.1, -0.05) is 12.1 Å². The minimum absolute atomic E-state index is 0.177. The highest BCUT2D eigenvalue weighted by Crippen LogP contribution is 2.28. The SMILES string of the molecule is CCOC(=O)c1cc2c(NCc3ccc(OC)cc3OC)nc(-c3cccc(C#N)c3)cn2n1.